The largest absolute Gasteiger partial charge is 0.438 e. The molecule has 172 valence electrons. The summed E-state index contributed by atoms with van der Waals surface area (Å²) in [5, 5.41) is 7.96. The molecule has 4 aromatic rings. The number of para-hydroxylation sites is 2. The van der Waals surface area contributed by atoms with Crippen LogP contribution in [0.3, 0.4) is 0 Å². The fourth-order valence-electron chi connectivity index (χ4n) is 4.52. The lowest BCUT2D eigenvalue weighted by Gasteiger charge is -2.30. The van der Waals surface area contributed by atoms with Crippen molar-refractivity contribution in [2.45, 2.75) is 44.7 Å². The van der Waals surface area contributed by atoms with Gasteiger partial charge in [-0.2, -0.15) is 0 Å². The van der Waals surface area contributed by atoms with Gasteiger partial charge in [-0.05, 0) is 74.6 Å². The number of benzene rings is 2. The van der Waals surface area contributed by atoms with Crippen LogP contribution in [-0.2, 0) is 0 Å². The van der Waals surface area contributed by atoms with Gasteiger partial charge in [0.15, 0.2) is 0 Å². The maximum Gasteiger partial charge on any atom is 0.257 e. The van der Waals surface area contributed by atoms with Gasteiger partial charge in [0.25, 0.3) is 5.91 Å². The molecular weight excluding hydrogens is 424 g/mol. The zero-order chi connectivity index (χ0) is 23.3. The Hall–Kier alpha value is -3.93. The van der Waals surface area contributed by atoms with E-state index in [1.807, 2.05) is 48.5 Å². The summed E-state index contributed by atoms with van der Waals surface area (Å²) >= 11 is 0. The van der Waals surface area contributed by atoms with Crippen molar-refractivity contribution < 1.29 is 9.53 Å². The number of aryl methyl sites for hydroxylation is 1. The minimum Gasteiger partial charge on any atom is -0.438 e. The summed E-state index contributed by atoms with van der Waals surface area (Å²) in [5.41, 5.74) is 2.68. The van der Waals surface area contributed by atoms with Crippen molar-refractivity contribution in [2.75, 3.05) is 5.32 Å². The molecule has 6 heteroatoms. The van der Waals surface area contributed by atoms with E-state index >= 15 is 0 Å². The van der Waals surface area contributed by atoms with Crippen molar-refractivity contribution in [1.82, 2.24) is 15.3 Å². The van der Waals surface area contributed by atoms with E-state index in [1.54, 1.807) is 18.3 Å². The average molecular weight is 453 g/mol. The van der Waals surface area contributed by atoms with Crippen LogP contribution >= 0.6 is 0 Å². The van der Waals surface area contributed by atoms with E-state index in [0.29, 0.717) is 23.2 Å². The number of aromatic nitrogens is 2. The predicted octanol–water partition coefficient (Wildman–Crippen LogP) is 5.88. The standard InChI is InChI=1S/C28H28N4O2/c1-19-18-26(32-25-12-6-5-10-23(19)25)30-20-13-15-21(16-14-20)31-27(33)24-11-7-17-29-28(24)34-22-8-3-2-4-9-22/h2-12,17-18,20-21H,13-16H2,1H3,(H,30,32)(H,31,33)/t20-,21+. The number of anilines is 1. The maximum absolute atomic E-state index is 13.0. The number of rotatable bonds is 6. The molecule has 2 heterocycles. The van der Waals surface area contributed by atoms with Crippen LogP contribution in [0.5, 0.6) is 11.6 Å². The molecule has 5 rings (SSSR count). The smallest absolute Gasteiger partial charge is 0.257 e. The van der Waals surface area contributed by atoms with E-state index in [-0.39, 0.29) is 11.9 Å². The number of amides is 1. The third-order valence-corrected chi connectivity index (χ3v) is 6.31. The number of carbonyl (C=O) groups excluding carboxylic acids is 1. The third kappa shape index (κ3) is 5.01. The molecule has 1 aliphatic rings. The van der Waals surface area contributed by atoms with Gasteiger partial charge in [0, 0.05) is 23.7 Å². The first-order valence-electron chi connectivity index (χ1n) is 11.8. The summed E-state index contributed by atoms with van der Waals surface area (Å²) < 4.78 is 5.85. The van der Waals surface area contributed by atoms with Gasteiger partial charge in [-0.25, -0.2) is 9.97 Å². The Morgan fingerprint density at radius 3 is 2.47 bits per heavy atom. The number of ether oxygens (including phenoxy) is 1. The molecule has 2 aromatic heterocycles. The Morgan fingerprint density at radius 2 is 1.65 bits per heavy atom. The quantitative estimate of drug-likeness (QED) is 0.382. The van der Waals surface area contributed by atoms with Crippen molar-refractivity contribution in [3.63, 3.8) is 0 Å². The lowest BCUT2D eigenvalue weighted by molar-refractivity contribution is 0.0923. The van der Waals surface area contributed by atoms with Crippen LogP contribution in [0.25, 0.3) is 10.9 Å². The first-order valence-corrected chi connectivity index (χ1v) is 11.8. The van der Waals surface area contributed by atoms with Crippen molar-refractivity contribution in [1.29, 1.82) is 0 Å². The van der Waals surface area contributed by atoms with E-state index in [0.717, 1.165) is 37.0 Å². The summed E-state index contributed by atoms with van der Waals surface area (Å²) in [4.78, 5) is 22.1. The fraction of sp³-hybridized carbons (Fsp3) is 0.250. The van der Waals surface area contributed by atoms with E-state index in [4.69, 9.17) is 9.72 Å². The molecule has 0 saturated heterocycles. The molecule has 1 fully saturated rings. The van der Waals surface area contributed by atoms with E-state index in [9.17, 15) is 4.79 Å². The summed E-state index contributed by atoms with van der Waals surface area (Å²) in [6.45, 7) is 2.12. The van der Waals surface area contributed by atoms with Crippen LogP contribution in [0.4, 0.5) is 5.82 Å². The highest BCUT2D eigenvalue weighted by atomic mass is 16.5. The number of fused-ring (bicyclic) bond motifs is 1. The Morgan fingerprint density at radius 1 is 0.912 bits per heavy atom. The van der Waals surface area contributed by atoms with Crippen LogP contribution in [0.1, 0.15) is 41.6 Å². The first kappa shape index (κ1) is 21.9. The summed E-state index contributed by atoms with van der Waals surface area (Å²) in [7, 11) is 0. The molecule has 2 aromatic carbocycles. The molecule has 0 unspecified atom stereocenters. The van der Waals surface area contributed by atoms with Gasteiger partial charge in [-0.1, -0.05) is 36.4 Å². The van der Waals surface area contributed by atoms with Gasteiger partial charge in [-0.3, -0.25) is 4.79 Å². The molecule has 34 heavy (non-hydrogen) atoms. The van der Waals surface area contributed by atoms with Gasteiger partial charge in [0.1, 0.15) is 17.1 Å². The SMILES string of the molecule is Cc1cc(N[C@H]2CC[C@@H](NC(=O)c3cccnc3Oc3ccccc3)CC2)nc2ccccc12. The monoisotopic (exact) mass is 452 g/mol. The number of hydrogen-bond acceptors (Lipinski definition) is 5. The average Bonchev–Trinajstić information content (AvgIpc) is 2.86. The molecule has 0 aliphatic heterocycles. The maximum atomic E-state index is 13.0. The zero-order valence-corrected chi connectivity index (χ0v) is 19.2. The van der Waals surface area contributed by atoms with Crippen molar-refractivity contribution in [2.24, 2.45) is 0 Å². The number of carbonyl (C=O) groups is 1. The summed E-state index contributed by atoms with van der Waals surface area (Å²) in [6, 6.07) is 23.7. The molecule has 0 spiro atoms. The molecule has 0 bridgehead atoms. The fourth-order valence-corrected chi connectivity index (χ4v) is 4.52. The van der Waals surface area contributed by atoms with Gasteiger partial charge in [-0.15, -0.1) is 0 Å². The zero-order valence-electron chi connectivity index (χ0n) is 19.2. The number of hydrogen-bond donors (Lipinski definition) is 2. The van der Waals surface area contributed by atoms with Crippen molar-refractivity contribution in [3.8, 4) is 11.6 Å². The number of pyridine rings is 2. The molecule has 0 radical (unpaired) electrons. The molecule has 1 amide bonds. The van der Waals surface area contributed by atoms with Gasteiger partial charge in [0.05, 0.1) is 5.52 Å². The second-order valence-electron chi connectivity index (χ2n) is 8.78. The van der Waals surface area contributed by atoms with Gasteiger partial charge >= 0.3 is 0 Å². The van der Waals surface area contributed by atoms with E-state index in [2.05, 4.69) is 34.7 Å². The molecule has 6 nitrogen and oxygen atoms in total. The Labute approximate surface area is 199 Å². The minimum absolute atomic E-state index is 0.127. The lowest BCUT2D eigenvalue weighted by atomic mass is 9.91. The molecular formula is C28H28N4O2. The Balaban J connectivity index is 1.18. The Bertz CT molecular complexity index is 1280. The predicted molar refractivity (Wildman–Crippen MR) is 134 cm³/mol. The Kier molecular flexibility index (Phi) is 6.38. The van der Waals surface area contributed by atoms with Crippen molar-refractivity contribution in [3.05, 3.63) is 90.1 Å². The molecule has 2 N–H and O–H groups in total. The van der Waals surface area contributed by atoms with Crippen LogP contribution < -0.4 is 15.4 Å². The van der Waals surface area contributed by atoms with Crippen LogP contribution in [0, 0.1) is 6.92 Å². The van der Waals surface area contributed by atoms with Crippen LogP contribution in [0.15, 0.2) is 79.0 Å². The molecule has 1 aliphatic carbocycles. The highest BCUT2D eigenvalue weighted by Crippen LogP contribution is 2.26. The first-order chi connectivity index (χ1) is 16.7. The highest BCUT2D eigenvalue weighted by molar-refractivity contribution is 5.96. The van der Waals surface area contributed by atoms with Crippen LogP contribution in [0.2, 0.25) is 0 Å². The topological polar surface area (TPSA) is 76.1 Å². The number of nitrogens with zero attached hydrogens (tertiary/aromatic N) is 2. The number of nitrogens with one attached hydrogen (secondary N) is 2. The molecule has 0 atom stereocenters. The lowest BCUT2D eigenvalue weighted by Crippen LogP contribution is -2.40. The van der Waals surface area contributed by atoms with Gasteiger partial charge in [0.2, 0.25) is 5.88 Å². The normalized spacial score (nSPS) is 17.8. The molecule has 1 saturated carbocycles. The van der Waals surface area contributed by atoms with Crippen molar-refractivity contribution >= 4 is 22.6 Å². The van der Waals surface area contributed by atoms with E-state index < -0.39 is 0 Å². The second kappa shape index (κ2) is 9.91. The third-order valence-electron chi connectivity index (χ3n) is 6.31. The summed E-state index contributed by atoms with van der Waals surface area (Å²) in [5.74, 6) is 1.74. The summed E-state index contributed by atoms with van der Waals surface area (Å²) in [6.07, 6.45) is 5.39. The van der Waals surface area contributed by atoms with E-state index in [1.165, 1.54) is 10.9 Å². The second-order valence-corrected chi connectivity index (χ2v) is 8.78. The highest BCUT2D eigenvalue weighted by Gasteiger charge is 2.24. The van der Waals surface area contributed by atoms with Crippen LogP contribution in [-0.4, -0.2) is 28.0 Å². The minimum atomic E-state index is -0.151. The van der Waals surface area contributed by atoms with Gasteiger partial charge < -0.3 is 15.4 Å².